The van der Waals surface area contributed by atoms with Gasteiger partial charge in [-0.3, -0.25) is 4.79 Å². The van der Waals surface area contributed by atoms with Crippen molar-refractivity contribution in [1.82, 2.24) is 15.3 Å². The first-order chi connectivity index (χ1) is 7.86. The number of anilines is 2. The third-order valence-electron chi connectivity index (χ3n) is 2.53. The highest BCUT2D eigenvalue weighted by Crippen LogP contribution is 2.18. The van der Waals surface area contributed by atoms with Gasteiger partial charge in [-0.25, -0.2) is 4.98 Å². The van der Waals surface area contributed by atoms with Gasteiger partial charge in [0.15, 0.2) is 0 Å². The monoisotopic (exact) mass is 237 g/mol. The summed E-state index contributed by atoms with van der Waals surface area (Å²) in [6, 6.07) is 0. The average molecular weight is 237 g/mol. The van der Waals surface area contributed by atoms with E-state index in [1.165, 1.54) is 0 Å². The molecule has 6 nitrogen and oxygen atoms in total. The molecule has 0 aliphatic carbocycles. The van der Waals surface area contributed by atoms with Crippen molar-refractivity contribution in [2.75, 3.05) is 24.6 Å². The number of nitrogens with two attached hydrogens (primary N) is 1. The number of hydrogen-bond donors (Lipinski definition) is 3. The fraction of sp³-hybridized carbons (Fsp3) is 0.545. The van der Waals surface area contributed by atoms with Gasteiger partial charge in [-0.05, 0) is 20.8 Å². The van der Waals surface area contributed by atoms with E-state index in [0.29, 0.717) is 12.4 Å². The van der Waals surface area contributed by atoms with Gasteiger partial charge < -0.3 is 16.4 Å². The average Bonchev–Trinajstić information content (AvgIpc) is 2.29. The number of nitrogen functional groups attached to an aromatic ring is 1. The summed E-state index contributed by atoms with van der Waals surface area (Å²) in [5.74, 6) is 0.856. The second-order valence-corrected chi connectivity index (χ2v) is 4.58. The molecule has 6 heteroatoms. The zero-order valence-electron chi connectivity index (χ0n) is 10.7. The molecule has 17 heavy (non-hydrogen) atoms. The van der Waals surface area contributed by atoms with Crippen LogP contribution in [-0.2, 0) is 4.79 Å². The standard InChI is InChI=1S/C11H19N5O/c1-7-5-14-10(12)16-8(7)15-6-11(2,3)9(17)13-4/h5H,6H2,1-4H3,(H,13,17)(H3,12,14,15,16). The fourth-order valence-corrected chi connectivity index (χ4v) is 1.36. The Morgan fingerprint density at radius 2 is 2.18 bits per heavy atom. The Balaban J connectivity index is 2.73. The van der Waals surface area contributed by atoms with Gasteiger partial charge in [0.05, 0.1) is 5.41 Å². The Morgan fingerprint density at radius 1 is 1.53 bits per heavy atom. The molecule has 0 saturated heterocycles. The minimum Gasteiger partial charge on any atom is -0.369 e. The molecule has 0 atom stereocenters. The maximum absolute atomic E-state index is 11.6. The molecule has 1 rings (SSSR count). The number of aromatic nitrogens is 2. The van der Waals surface area contributed by atoms with Gasteiger partial charge in [0, 0.05) is 25.4 Å². The van der Waals surface area contributed by atoms with E-state index >= 15 is 0 Å². The maximum Gasteiger partial charge on any atom is 0.227 e. The number of rotatable bonds is 4. The van der Waals surface area contributed by atoms with Crippen molar-refractivity contribution in [3.63, 3.8) is 0 Å². The van der Waals surface area contributed by atoms with Crippen molar-refractivity contribution in [3.8, 4) is 0 Å². The van der Waals surface area contributed by atoms with Crippen LogP contribution in [0.15, 0.2) is 6.20 Å². The zero-order valence-corrected chi connectivity index (χ0v) is 10.7. The highest BCUT2D eigenvalue weighted by Gasteiger charge is 2.26. The van der Waals surface area contributed by atoms with E-state index in [-0.39, 0.29) is 11.9 Å². The summed E-state index contributed by atoms with van der Waals surface area (Å²) in [7, 11) is 1.62. The Bertz CT molecular complexity index is 416. The lowest BCUT2D eigenvalue weighted by Gasteiger charge is -2.23. The summed E-state index contributed by atoms with van der Waals surface area (Å²) in [4.78, 5) is 19.6. The molecule has 0 aliphatic heterocycles. The Kier molecular flexibility index (Phi) is 3.88. The van der Waals surface area contributed by atoms with Gasteiger partial charge in [-0.15, -0.1) is 0 Å². The normalized spacial score (nSPS) is 11.1. The summed E-state index contributed by atoms with van der Waals surface area (Å²) in [6.45, 7) is 6.08. The van der Waals surface area contributed by atoms with E-state index in [1.807, 2.05) is 20.8 Å². The van der Waals surface area contributed by atoms with Crippen molar-refractivity contribution < 1.29 is 4.79 Å². The highest BCUT2D eigenvalue weighted by molar-refractivity contribution is 5.82. The van der Waals surface area contributed by atoms with Crippen LogP contribution in [0.3, 0.4) is 0 Å². The molecule has 1 heterocycles. The number of carbonyl (C=O) groups is 1. The van der Waals surface area contributed by atoms with E-state index < -0.39 is 5.41 Å². The molecule has 1 aromatic heterocycles. The summed E-state index contributed by atoms with van der Waals surface area (Å²) < 4.78 is 0. The molecule has 4 N–H and O–H groups in total. The molecular formula is C11H19N5O. The first-order valence-corrected chi connectivity index (χ1v) is 5.42. The first kappa shape index (κ1) is 13.2. The lowest BCUT2D eigenvalue weighted by Crippen LogP contribution is -2.39. The Hall–Kier alpha value is -1.85. The van der Waals surface area contributed by atoms with Crippen LogP contribution < -0.4 is 16.4 Å². The zero-order chi connectivity index (χ0) is 13.1. The van der Waals surface area contributed by atoms with Crippen LogP contribution in [-0.4, -0.2) is 29.5 Å². The molecule has 94 valence electrons. The maximum atomic E-state index is 11.6. The SMILES string of the molecule is CNC(=O)C(C)(C)CNc1nc(N)ncc1C. The first-order valence-electron chi connectivity index (χ1n) is 5.42. The van der Waals surface area contributed by atoms with Gasteiger partial charge in [0.2, 0.25) is 11.9 Å². The molecule has 0 spiro atoms. The molecule has 0 saturated carbocycles. The number of hydrogen-bond acceptors (Lipinski definition) is 5. The van der Waals surface area contributed by atoms with Gasteiger partial charge in [0.1, 0.15) is 5.82 Å². The predicted octanol–water partition coefficient (Wildman–Crippen LogP) is 0.551. The van der Waals surface area contributed by atoms with Crippen LogP contribution in [0.4, 0.5) is 11.8 Å². The molecule has 1 amide bonds. The smallest absolute Gasteiger partial charge is 0.227 e. The molecular weight excluding hydrogens is 218 g/mol. The van der Waals surface area contributed by atoms with Crippen molar-refractivity contribution in [1.29, 1.82) is 0 Å². The molecule has 0 aromatic carbocycles. The number of aryl methyl sites for hydroxylation is 1. The highest BCUT2D eigenvalue weighted by atomic mass is 16.2. The van der Waals surface area contributed by atoms with Gasteiger partial charge >= 0.3 is 0 Å². The molecule has 0 fully saturated rings. The summed E-state index contributed by atoms with van der Waals surface area (Å²) in [6.07, 6.45) is 1.65. The van der Waals surface area contributed by atoms with Crippen molar-refractivity contribution in [2.45, 2.75) is 20.8 Å². The fourth-order valence-electron chi connectivity index (χ4n) is 1.36. The minimum atomic E-state index is -0.513. The topological polar surface area (TPSA) is 92.9 Å². The molecule has 0 unspecified atom stereocenters. The van der Waals surface area contributed by atoms with E-state index in [9.17, 15) is 4.79 Å². The third kappa shape index (κ3) is 3.30. The van der Waals surface area contributed by atoms with E-state index in [4.69, 9.17) is 5.73 Å². The molecule has 0 radical (unpaired) electrons. The third-order valence-corrected chi connectivity index (χ3v) is 2.53. The number of carbonyl (C=O) groups excluding carboxylic acids is 1. The minimum absolute atomic E-state index is 0.0234. The van der Waals surface area contributed by atoms with Crippen LogP contribution in [0.2, 0.25) is 0 Å². The van der Waals surface area contributed by atoms with Crippen LogP contribution in [0.5, 0.6) is 0 Å². The lowest BCUT2D eigenvalue weighted by molar-refractivity contribution is -0.128. The van der Waals surface area contributed by atoms with Crippen LogP contribution in [0, 0.1) is 12.3 Å². The van der Waals surface area contributed by atoms with Gasteiger partial charge in [-0.2, -0.15) is 4.98 Å². The van der Waals surface area contributed by atoms with Crippen molar-refractivity contribution in [2.24, 2.45) is 5.41 Å². The number of nitrogens with zero attached hydrogens (tertiary/aromatic N) is 2. The van der Waals surface area contributed by atoms with Crippen molar-refractivity contribution >= 4 is 17.7 Å². The molecule has 0 bridgehead atoms. The quantitative estimate of drug-likeness (QED) is 0.711. The number of nitrogens with one attached hydrogen (secondary N) is 2. The predicted molar refractivity (Wildman–Crippen MR) is 67.5 cm³/mol. The second-order valence-electron chi connectivity index (χ2n) is 4.58. The second kappa shape index (κ2) is 4.99. The largest absolute Gasteiger partial charge is 0.369 e. The lowest BCUT2D eigenvalue weighted by atomic mass is 9.92. The van der Waals surface area contributed by atoms with Crippen molar-refractivity contribution in [3.05, 3.63) is 11.8 Å². The Morgan fingerprint density at radius 3 is 2.76 bits per heavy atom. The van der Waals surface area contributed by atoms with E-state index in [1.54, 1.807) is 13.2 Å². The Labute approximate surface area is 101 Å². The van der Waals surface area contributed by atoms with Crippen LogP contribution >= 0.6 is 0 Å². The molecule has 1 aromatic rings. The van der Waals surface area contributed by atoms with Crippen LogP contribution in [0.1, 0.15) is 19.4 Å². The molecule has 0 aliphatic rings. The van der Waals surface area contributed by atoms with Gasteiger partial charge in [-0.1, -0.05) is 0 Å². The summed E-state index contributed by atoms with van der Waals surface area (Å²) in [5, 5.41) is 5.75. The number of amides is 1. The van der Waals surface area contributed by atoms with Gasteiger partial charge in [0.25, 0.3) is 0 Å². The van der Waals surface area contributed by atoms with E-state index in [2.05, 4.69) is 20.6 Å². The van der Waals surface area contributed by atoms with Crippen LogP contribution in [0.25, 0.3) is 0 Å². The summed E-state index contributed by atoms with van der Waals surface area (Å²) in [5.41, 5.74) is 5.89. The van der Waals surface area contributed by atoms with E-state index in [0.717, 1.165) is 5.56 Å². The summed E-state index contributed by atoms with van der Waals surface area (Å²) >= 11 is 0.